The monoisotopic (exact) mass is 265 g/mol. The zero-order valence-electron chi connectivity index (χ0n) is 11.0. The Kier molecular flexibility index (Phi) is 3.61. The number of hydrogen-bond donors (Lipinski definition) is 3. The largest absolute Gasteiger partial charge is 0.388 e. The molecule has 1 aromatic rings. The van der Waals surface area contributed by atoms with E-state index in [0.717, 1.165) is 5.56 Å². The van der Waals surface area contributed by atoms with Crippen molar-refractivity contribution in [3.05, 3.63) is 23.5 Å². The lowest BCUT2D eigenvalue weighted by Gasteiger charge is -2.38. The summed E-state index contributed by atoms with van der Waals surface area (Å²) in [5.74, 6) is -0.696. The zero-order valence-corrected chi connectivity index (χ0v) is 11.0. The van der Waals surface area contributed by atoms with Crippen LogP contribution in [0.2, 0.25) is 0 Å². The number of aromatic nitrogens is 1. The van der Waals surface area contributed by atoms with Crippen LogP contribution in [0.4, 0.5) is 0 Å². The molecule has 2 heterocycles. The highest BCUT2D eigenvalue weighted by Gasteiger charge is 2.37. The first kappa shape index (κ1) is 13.6. The van der Waals surface area contributed by atoms with E-state index >= 15 is 0 Å². The van der Waals surface area contributed by atoms with Gasteiger partial charge < -0.3 is 20.7 Å². The highest BCUT2D eigenvalue weighted by Crippen LogP contribution is 2.25. The molecule has 104 valence electrons. The molecule has 2 rings (SSSR count). The molecule has 1 fully saturated rings. The van der Waals surface area contributed by atoms with Crippen LogP contribution in [0.3, 0.4) is 0 Å². The fraction of sp³-hybridized carbons (Fsp3) is 0.538. The molecule has 2 amide bonds. The van der Waals surface area contributed by atoms with Crippen LogP contribution in [0.15, 0.2) is 12.3 Å². The number of hydrogen-bond acceptors (Lipinski definition) is 3. The molecule has 1 saturated heterocycles. The number of piperidine rings is 1. The molecule has 1 atom stereocenters. The summed E-state index contributed by atoms with van der Waals surface area (Å²) < 4.78 is 0. The first-order valence-electron chi connectivity index (χ1n) is 6.35. The minimum absolute atomic E-state index is 0.111. The molecule has 4 N–H and O–H groups in total. The summed E-state index contributed by atoms with van der Waals surface area (Å²) >= 11 is 0. The second-order valence-corrected chi connectivity index (χ2v) is 5.23. The lowest BCUT2D eigenvalue weighted by molar-refractivity contribution is -0.125. The molecular formula is C13H19N3O3. The lowest BCUT2D eigenvalue weighted by Crippen LogP contribution is -2.52. The summed E-state index contributed by atoms with van der Waals surface area (Å²) in [7, 11) is 0. The average Bonchev–Trinajstić information content (AvgIpc) is 2.73. The van der Waals surface area contributed by atoms with Gasteiger partial charge >= 0.3 is 0 Å². The minimum Gasteiger partial charge on any atom is -0.388 e. The van der Waals surface area contributed by atoms with Crippen LogP contribution in [0, 0.1) is 6.92 Å². The fourth-order valence-corrected chi connectivity index (χ4v) is 2.59. The summed E-state index contributed by atoms with van der Waals surface area (Å²) in [6, 6.07) is 1.83. The first-order valence-corrected chi connectivity index (χ1v) is 6.35. The number of aromatic amines is 1. The molecule has 0 aromatic carbocycles. The van der Waals surface area contributed by atoms with E-state index < -0.39 is 11.5 Å². The van der Waals surface area contributed by atoms with Crippen molar-refractivity contribution >= 4 is 11.8 Å². The molecule has 6 heteroatoms. The zero-order chi connectivity index (χ0) is 14.0. The van der Waals surface area contributed by atoms with Crippen LogP contribution in [0.25, 0.3) is 0 Å². The maximum absolute atomic E-state index is 12.3. The van der Waals surface area contributed by atoms with Gasteiger partial charge in [0, 0.05) is 12.7 Å². The van der Waals surface area contributed by atoms with E-state index in [1.54, 1.807) is 11.1 Å². The first-order chi connectivity index (χ1) is 8.91. The number of amides is 2. The molecule has 1 unspecified atom stereocenters. The summed E-state index contributed by atoms with van der Waals surface area (Å²) in [6.45, 7) is 2.58. The lowest BCUT2D eigenvalue weighted by atomic mass is 9.89. The van der Waals surface area contributed by atoms with E-state index in [9.17, 15) is 14.7 Å². The van der Waals surface area contributed by atoms with Crippen LogP contribution >= 0.6 is 0 Å². The van der Waals surface area contributed by atoms with Gasteiger partial charge in [0.2, 0.25) is 5.91 Å². The third-order valence-corrected chi connectivity index (χ3v) is 3.52. The van der Waals surface area contributed by atoms with Gasteiger partial charge in [0.1, 0.15) is 5.69 Å². The molecule has 19 heavy (non-hydrogen) atoms. The van der Waals surface area contributed by atoms with Crippen molar-refractivity contribution < 1.29 is 14.7 Å². The highest BCUT2D eigenvalue weighted by atomic mass is 16.3. The fourth-order valence-electron chi connectivity index (χ4n) is 2.59. The number of likely N-dealkylation sites (tertiary alicyclic amines) is 1. The van der Waals surface area contributed by atoms with E-state index in [0.29, 0.717) is 25.1 Å². The number of nitrogens with one attached hydrogen (secondary N) is 1. The summed E-state index contributed by atoms with van der Waals surface area (Å²) in [4.78, 5) is 27.8. The van der Waals surface area contributed by atoms with Gasteiger partial charge in [-0.3, -0.25) is 9.59 Å². The van der Waals surface area contributed by atoms with Crippen molar-refractivity contribution in [2.75, 3.05) is 13.1 Å². The van der Waals surface area contributed by atoms with E-state index in [-0.39, 0.29) is 18.9 Å². The third-order valence-electron chi connectivity index (χ3n) is 3.52. The second-order valence-electron chi connectivity index (χ2n) is 5.23. The van der Waals surface area contributed by atoms with E-state index in [1.165, 1.54) is 0 Å². The number of aryl methyl sites for hydroxylation is 1. The Morgan fingerprint density at radius 1 is 1.58 bits per heavy atom. The van der Waals surface area contributed by atoms with Crippen LogP contribution in [0.1, 0.15) is 35.3 Å². The Morgan fingerprint density at radius 3 is 2.89 bits per heavy atom. The standard InChI is InChI=1S/C13H19N3O3/c1-9-3-5-15-11(9)12(18)16-6-2-4-13(19,8-16)7-10(14)17/h3,5,15,19H,2,4,6-8H2,1H3,(H2,14,17). The summed E-state index contributed by atoms with van der Waals surface area (Å²) in [5, 5.41) is 10.3. The number of carbonyl (C=O) groups is 2. The normalized spacial score (nSPS) is 23.4. The van der Waals surface area contributed by atoms with Gasteiger partial charge in [-0.25, -0.2) is 0 Å². The molecule has 0 radical (unpaired) electrons. The Balaban J connectivity index is 2.11. The number of β-amino-alcohol motifs (C(OH)–C–C–N with tert-alkyl or cyclic N) is 1. The molecule has 0 spiro atoms. The Hall–Kier alpha value is -1.82. The number of nitrogens with two attached hydrogens (primary N) is 1. The SMILES string of the molecule is Cc1cc[nH]c1C(=O)N1CCCC(O)(CC(N)=O)C1. The number of aliphatic hydroxyl groups is 1. The predicted molar refractivity (Wildman–Crippen MR) is 69.4 cm³/mol. The quantitative estimate of drug-likeness (QED) is 0.726. The van der Waals surface area contributed by atoms with Crippen LogP contribution in [-0.4, -0.2) is 45.5 Å². The number of nitrogens with zero attached hydrogens (tertiary/aromatic N) is 1. The van der Waals surface area contributed by atoms with Crippen LogP contribution < -0.4 is 5.73 Å². The van der Waals surface area contributed by atoms with Crippen LogP contribution in [-0.2, 0) is 4.79 Å². The van der Waals surface area contributed by atoms with Gasteiger partial charge in [0.25, 0.3) is 5.91 Å². The van der Waals surface area contributed by atoms with Crippen molar-refractivity contribution in [1.82, 2.24) is 9.88 Å². The maximum Gasteiger partial charge on any atom is 0.270 e. The van der Waals surface area contributed by atoms with E-state index in [1.807, 2.05) is 13.0 Å². The van der Waals surface area contributed by atoms with Crippen molar-refractivity contribution in [3.8, 4) is 0 Å². The molecule has 0 aliphatic carbocycles. The van der Waals surface area contributed by atoms with Crippen molar-refractivity contribution in [3.63, 3.8) is 0 Å². The maximum atomic E-state index is 12.3. The summed E-state index contributed by atoms with van der Waals surface area (Å²) in [5.41, 5.74) is 5.35. The van der Waals surface area contributed by atoms with Gasteiger partial charge in [0.05, 0.1) is 18.6 Å². The van der Waals surface area contributed by atoms with Gasteiger partial charge in [-0.2, -0.15) is 0 Å². The predicted octanol–water partition coefficient (Wildman–Crippen LogP) is 0.166. The molecule has 6 nitrogen and oxygen atoms in total. The van der Waals surface area contributed by atoms with Crippen molar-refractivity contribution in [2.45, 2.75) is 31.8 Å². The van der Waals surface area contributed by atoms with Gasteiger partial charge in [-0.15, -0.1) is 0 Å². The van der Waals surface area contributed by atoms with Crippen molar-refractivity contribution in [1.29, 1.82) is 0 Å². The number of rotatable bonds is 3. The molecule has 1 aliphatic rings. The highest BCUT2D eigenvalue weighted by molar-refractivity contribution is 5.94. The van der Waals surface area contributed by atoms with Crippen LogP contribution in [0.5, 0.6) is 0 Å². The topological polar surface area (TPSA) is 99.4 Å². The Bertz CT molecular complexity index is 497. The smallest absolute Gasteiger partial charge is 0.270 e. The van der Waals surface area contributed by atoms with E-state index in [4.69, 9.17) is 5.73 Å². The number of primary amides is 1. The van der Waals surface area contributed by atoms with Gasteiger partial charge in [0.15, 0.2) is 0 Å². The Labute approximate surface area is 111 Å². The van der Waals surface area contributed by atoms with Crippen molar-refractivity contribution in [2.24, 2.45) is 5.73 Å². The number of carbonyl (C=O) groups excluding carboxylic acids is 2. The molecule has 0 saturated carbocycles. The molecular weight excluding hydrogens is 246 g/mol. The number of H-pyrrole nitrogens is 1. The average molecular weight is 265 g/mol. The summed E-state index contributed by atoms with van der Waals surface area (Å²) in [6.07, 6.45) is 2.75. The van der Waals surface area contributed by atoms with Gasteiger partial charge in [-0.1, -0.05) is 0 Å². The second kappa shape index (κ2) is 5.05. The molecule has 1 aliphatic heterocycles. The third kappa shape index (κ3) is 2.96. The molecule has 0 bridgehead atoms. The Morgan fingerprint density at radius 2 is 2.32 bits per heavy atom. The van der Waals surface area contributed by atoms with Gasteiger partial charge in [-0.05, 0) is 31.4 Å². The molecule has 1 aromatic heterocycles. The van der Waals surface area contributed by atoms with E-state index in [2.05, 4.69) is 4.98 Å². The minimum atomic E-state index is -1.19.